The van der Waals surface area contributed by atoms with Crippen LogP contribution in [0.1, 0.15) is 28.3 Å². The molecule has 11 heteroatoms. The van der Waals surface area contributed by atoms with Crippen molar-refractivity contribution in [2.75, 3.05) is 6.26 Å². The zero-order valence-electron chi connectivity index (χ0n) is 17.0. The lowest BCUT2D eigenvalue weighted by molar-refractivity contribution is 0.0998. The first-order chi connectivity index (χ1) is 15.1. The SMILES string of the molecule is C[C@@H](Oc1cc(-n2cnc3ccc(OS(C)(=O)=O)cc32)sc1C(N)=O)c1ccccc1Cl. The number of rotatable bonds is 7. The number of halogens is 1. The van der Waals surface area contributed by atoms with Crippen molar-refractivity contribution in [1.29, 1.82) is 0 Å². The van der Waals surface area contributed by atoms with Crippen LogP contribution in [0.4, 0.5) is 0 Å². The van der Waals surface area contributed by atoms with Gasteiger partial charge in [-0.05, 0) is 25.1 Å². The summed E-state index contributed by atoms with van der Waals surface area (Å²) in [5, 5.41) is 1.16. The Morgan fingerprint density at radius 3 is 2.66 bits per heavy atom. The van der Waals surface area contributed by atoms with Crippen molar-refractivity contribution < 1.29 is 22.1 Å². The van der Waals surface area contributed by atoms with Crippen LogP contribution in [0.3, 0.4) is 0 Å². The lowest BCUT2D eigenvalue weighted by Gasteiger charge is -2.16. The lowest BCUT2D eigenvalue weighted by atomic mass is 10.1. The number of thiophene rings is 1. The van der Waals surface area contributed by atoms with E-state index < -0.39 is 22.1 Å². The molecule has 2 aromatic heterocycles. The van der Waals surface area contributed by atoms with Crippen LogP contribution in [-0.2, 0) is 10.1 Å². The number of fused-ring (bicyclic) bond motifs is 1. The van der Waals surface area contributed by atoms with Crippen LogP contribution in [0.5, 0.6) is 11.5 Å². The Labute approximate surface area is 193 Å². The van der Waals surface area contributed by atoms with E-state index in [-0.39, 0.29) is 10.6 Å². The van der Waals surface area contributed by atoms with Gasteiger partial charge in [-0.15, -0.1) is 11.3 Å². The van der Waals surface area contributed by atoms with E-state index in [9.17, 15) is 13.2 Å². The molecule has 0 saturated carbocycles. The first-order valence-corrected chi connectivity index (χ1v) is 12.3. The number of carbonyl (C=O) groups excluding carboxylic acids is 1. The fraction of sp³-hybridized carbons (Fsp3) is 0.143. The number of aromatic nitrogens is 2. The summed E-state index contributed by atoms with van der Waals surface area (Å²) in [5.74, 6) is -0.166. The maximum absolute atomic E-state index is 12.1. The molecule has 2 N–H and O–H groups in total. The van der Waals surface area contributed by atoms with Gasteiger partial charge in [0, 0.05) is 22.7 Å². The third-order valence-electron chi connectivity index (χ3n) is 4.56. The smallest absolute Gasteiger partial charge is 0.306 e. The van der Waals surface area contributed by atoms with Crippen LogP contribution in [0.2, 0.25) is 5.02 Å². The fourth-order valence-electron chi connectivity index (χ4n) is 3.19. The molecular weight excluding hydrogens is 474 g/mol. The number of hydrogen-bond acceptors (Lipinski definition) is 7. The maximum atomic E-state index is 12.1. The van der Waals surface area contributed by atoms with Crippen LogP contribution < -0.4 is 14.7 Å². The van der Waals surface area contributed by atoms with E-state index in [4.69, 9.17) is 26.3 Å². The van der Waals surface area contributed by atoms with Crippen molar-refractivity contribution in [3.8, 4) is 16.5 Å². The number of benzene rings is 2. The second-order valence-electron chi connectivity index (χ2n) is 6.98. The molecule has 0 radical (unpaired) electrons. The van der Waals surface area contributed by atoms with Crippen LogP contribution in [0, 0.1) is 0 Å². The Morgan fingerprint density at radius 2 is 1.97 bits per heavy atom. The van der Waals surface area contributed by atoms with Gasteiger partial charge in [-0.3, -0.25) is 9.36 Å². The minimum atomic E-state index is -3.68. The quantitative estimate of drug-likeness (QED) is 0.385. The first kappa shape index (κ1) is 22.1. The molecule has 0 bridgehead atoms. The van der Waals surface area contributed by atoms with Crippen LogP contribution in [-0.4, -0.2) is 30.1 Å². The highest BCUT2D eigenvalue weighted by Crippen LogP contribution is 2.37. The molecule has 4 rings (SSSR count). The summed E-state index contributed by atoms with van der Waals surface area (Å²) in [5.41, 5.74) is 7.57. The molecule has 4 aromatic rings. The molecule has 1 atom stereocenters. The Hall–Kier alpha value is -3.08. The molecule has 2 aromatic carbocycles. The molecular formula is C21H18ClN3O5S2. The molecule has 0 saturated heterocycles. The van der Waals surface area contributed by atoms with E-state index in [1.165, 1.54) is 6.07 Å². The molecule has 0 fully saturated rings. The van der Waals surface area contributed by atoms with Crippen molar-refractivity contribution in [3.05, 3.63) is 70.3 Å². The summed E-state index contributed by atoms with van der Waals surface area (Å²) >= 11 is 7.40. The Morgan fingerprint density at radius 1 is 1.22 bits per heavy atom. The number of nitrogens with zero attached hydrogens (tertiary/aromatic N) is 2. The molecule has 0 aliphatic rings. The van der Waals surface area contributed by atoms with Crippen molar-refractivity contribution in [3.63, 3.8) is 0 Å². The van der Waals surface area contributed by atoms with Crippen molar-refractivity contribution in [2.24, 2.45) is 5.73 Å². The fourth-order valence-corrected chi connectivity index (χ4v) is 4.86. The van der Waals surface area contributed by atoms with Crippen molar-refractivity contribution >= 4 is 50.0 Å². The average Bonchev–Trinajstić information content (AvgIpc) is 3.30. The third kappa shape index (κ3) is 4.57. The van der Waals surface area contributed by atoms with Crippen molar-refractivity contribution in [1.82, 2.24) is 9.55 Å². The highest BCUT2D eigenvalue weighted by Gasteiger charge is 2.21. The molecule has 8 nitrogen and oxygen atoms in total. The van der Waals surface area contributed by atoms with Gasteiger partial charge < -0.3 is 14.7 Å². The predicted octanol–water partition coefficient (Wildman–Crippen LogP) is 4.32. The normalized spacial score (nSPS) is 12.6. The highest BCUT2D eigenvalue weighted by atomic mass is 35.5. The molecule has 0 aliphatic carbocycles. The third-order valence-corrected chi connectivity index (χ3v) is 6.53. The summed E-state index contributed by atoms with van der Waals surface area (Å²) in [7, 11) is -3.68. The lowest BCUT2D eigenvalue weighted by Crippen LogP contribution is -2.12. The summed E-state index contributed by atoms with van der Waals surface area (Å²) < 4.78 is 35.7. The second-order valence-corrected chi connectivity index (χ2v) is 9.99. The summed E-state index contributed by atoms with van der Waals surface area (Å²) in [4.78, 5) is 16.6. The average molecular weight is 492 g/mol. The van der Waals surface area contributed by atoms with Crippen LogP contribution >= 0.6 is 22.9 Å². The zero-order valence-corrected chi connectivity index (χ0v) is 19.4. The van der Waals surface area contributed by atoms with E-state index in [0.29, 0.717) is 26.8 Å². The summed E-state index contributed by atoms with van der Waals surface area (Å²) in [6.45, 7) is 1.82. The summed E-state index contributed by atoms with van der Waals surface area (Å²) in [6.07, 6.45) is 2.10. The largest absolute Gasteiger partial charge is 0.484 e. The molecule has 2 heterocycles. The van der Waals surface area contributed by atoms with E-state index in [0.717, 1.165) is 23.2 Å². The van der Waals surface area contributed by atoms with Crippen LogP contribution in [0.25, 0.3) is 16.0 Å². The minimum absolute atomic E-state index is 0.150. The van der Waals surface area contributed by atoms with Gasteiger partial charge in [0.2, 0.25) is 0 Å². The van der Waals surface area contributed by atoms with E-state index in [2.05, 4.69) is 4.98 Å². The molecule has 1 amide bonds. The zero-order chi connectivity index (χ0) is 23.0. The van der Waals surface area contributed by atoms with Crippen molar-refractivity contribution in [2.45, 2.75) is 13.0 Å². The number of nitrogens with two attached hydrogens (primary N) is 1. The first-order valence-electron chi connectivity index (χ1n) is 9.34. The van der Waals surface area contributed by atoms with E-state index in [1.54, 1.807) is 35.2 Å². The van der Waals surface area contributed by atoms with Gasteiger partial charge in [0.05, 0.1) is 17.3 Å². The molecule has 0 unspecified atom stereocenters. The Balaban J connectivity index is 1.74. The van der Waals surface area contributed by atoms with Gasteiger partial charge in [-0.2, -0.15) is 8.42 Å². The predicted molar refractivity (Wildman–Crippen MR) is 123 cm³/mol. The standard InChI is InChI=1S/C21H18ClN3O5S2/c1-12(14-5-3-4-6-15(14)22)29-18-10-19(31-20(18)21(23)26)25-11-24-16-8-7-13(9-17(16)25)30-32(2,27)28/h3-12H,1-2H3,(H2,23,26)/t12-/m1/s1. The number of primary amides is 1. The number of amides is 1. The Kier molecular flexibility index (Phi) is 5.85. The minimum Gasteiger partial charge on any atom is -0.484 e. The number of ether oxygens (including phenoxy) is 1. The van der Waals surface area contributed by atoms with Gasteiger partial charge >= 0.3 is 10.1 Å². The molecule has 0 spiro atoms. The van der Waals surface area contributed by atoms with E-state index in [1.807, 2.05) is 25.1 Å². The topological polar surface area (TPSA) is 114 Å². The molecule has 166 valence electrons. The van der Waals surface area contributed by atoms with E-state index >= 15 is 0 Å². The molecule has 0 aliphatic heterocycles. The monoisotopic (exact) mass is 491 g/mol. The second kappa shape index (κ2) is 8.45. The Bertz CT molecular complexity index is 1430. The number of carbonyl (C=O) groups is 1. The van der Waals surface area contributed by atoms with Gasteiger partial charge in [-0.1, -0.05) is 29.8 Å². The van der Waals surface area contributed by atoms with Gasteiger partial charge in [0.25, 0.3) is 5.91 Å². The summed E-state index contributed by atoms with van der Waals surface area (Å²) in [6, 6.07) is 13.7. The number of hydrogen-bond donors (Lipinski definition) is 1. The highest BCUT2D eigenvalue weighted by molar-refractivity contribution is 7.86. The van der Waals surface area contributed by atoms with Gasteiger partial charge in [0.15, 0.2) is 0 Å². The van der Waals surface area contributed by atoms with Gasteiger partial charge in [0.1, 0.15) is 33.8 Å². The number of imidazole rings is 1. The molecule has 32 heavy (non-hydrogen) atoms. The van der Waals surface area contributed by atoms with Gasteiger partial charge in [-0.25, -0.2) is 4.98 Å². The maximum Gasteiger partial charge on any atom is 0.306 e. The van der Waals surface area contributed by atoms with Crippen LogP contribution in [0.15, 0.2) is 54.9 Å².